The van der Waals surface area contributed by atoms with Gasteiger partial charge in [-0.1, -0.05) is 36.4 Å². The molecule has 2 rings (SSSR count). The Morgan fingerprint density at radius 1 is 0.941 bits per heavy atom. The van der Waals surface area contributed by atoms with Gasteiger partial charge in [0.1, 0.15) is 5.75 Å². The average molecular weight is 225 g/mol. The maximum atomic E-state index is 9.18. The molecule has 2 N–H and O–H groups in total. The quantitative estimate of drug-likeness (QED) is 0.782. The number of hydrogen-bond donors (Lipinski definition) is 2. The number of aromatic hydroxyl groups is 1. The summed E-state index contributed by atoms with van der Waals surface area (Å²) in [5.41, 5.74) is 3.31. The van der Waals surface area contributed by atoms with E-state index in [2.05, 4.69) is 17.4 Å². The first-order valence-electron chi connectivity index (χ1n) is 5.53. The molecule has 2 aromatic rings. The highest BCUT2D eigenvalue weighted by Crippen LogP contribution is 2.15. The number of anilines is 1. The van der Waals surface area contributed by atoms with Crippen LogP contribution >= 0.6 is 0 Å². The van der Waals surface area contributed by atoms with Crippen molar-refractivity contribution in [3.8, 4) is 5.75 Å². The Kier molecular flexibility index (Phi) is 3.46. The van der Waals surface area contributed by atoms with Crippen LogP contribution in [0.3, 0.4) is 0 Å². The zero-order valence-corrected chi connectivity index (χ0v) is 9.72. The standard InChI is InChI=1S/C15H15NO/c1-16-14-4-2-3-13(11-14)6-5-12-7-9-15(17)10-8-12/h2-11,16-17H,1H3/b6-5+. The molecule has 0 saturated carbocycles. The van der Waals surface area contributed by atoms with E-state index in [1.165, 1.54) is 0 Å². The number of phenolic OH excluding ortho intramolecular Hbond substituents is 1. The van der Waals surface area contributed by atoms with E-state index in [4.69, 9.17) is 0 Å². The molecule has 17 heavy (non-hydrogen) atoms. The molecule has 0 spiro atoms. The van der Waals surface area contributed by atoms with Crippen molar-refractivity contribution in [3.05, 3.63) is 59.7 Å². The number of hydrogen-bond acceptors (Lipinski definition) is 2. The molecule has 0 unspecified atom stereocenters. The fraction of sp³-hybridized carbons (Fsp3) is 0.0667. The van der Waals surface area contributed by atoms with E-state index in [1.807, 2.05) is 43.5 Å². The van der Waals surface area contributed by atoms with Crippen molar-refractivity contribution < 1.29 is 5.11 Å². The molecule has 2 nitrogen and oxygen atoms in total. The molecule has 86 valence electrons. The van der Waals surface area contributed by atoms with Gasteiger partial charge in [-0.05, 0) is 35.4 Å². The van der Waals surface area contributed by atoms with E-state index in [9.17, 15) is 5.11 Å². The SMILES string of the molecule is CNc1cccc(/C=C/c2ccc(O)cc2)c1. The lowest BCUT2D eigenvalue weighted by Crippen LogP contribution is -1.86. The number of rotatable bonds is 3. The van der Waals surface area contributed by atoms with Gasteiger partial charge in [0.05, 0.1) is 0 Å². The minimum atomic E-state index is 0.291. The molecule has 0 aliphatic heterocycles. The van der Waals surface area contributed by atoms with Gasteiger partial charge < -0.3 is 10.4 Å². The van der Waals surface area contributed by atoms with Crippen LogP contribution in [0.5, 0.6) is 5.75 Å². The maximum absolute atomic E-state index is 9.18. The molecule has 0 heterocycles. The lowest BCUT2D eigenvalue weighted by atomic mass is 10.1. The molecule has 0 fully saturated rings. The number of benzene rings is 2. The number of nitrogens with one attached hydrogen (secondary N) is 1. The molecule has 0 amide bonds. The van der Waals surface area contributed by atoms with Crippen LogP contribution in [0.4, 0.5) is 5.69 Å². The van der Waals surface area contributed by atoms with Gasteiger partial charge in [-0.25, -0.2) is 0 Å². The zero-order valence-electron chi connectivity index (χ0n) is 9.72. The van der Waals surface area contributed by atoms with Crippen LogP contribution < -0.4 is 5.32 Å². The van der Waals surface area contributed by atoms with Gasteiger partial charge in [-0.2, -0.15) is 0 Å². The maximum Gasteiger partial charge on any atom is 0.115 e. The fourth-order valence-electron chi connectivity index (χ4n) is 1.58. The summed E-state index contributed by atoms with van der Waals surface area (Å²) < 4.78 is 0. The van der Waals surface area contributed by atoms with E-state index < -0.39 is 0 Å². The first-order chi connectivity index (χ1) is 8.28. The van der Waals surface area contributed by atoms with Crippen molar-refractivity contribution in [2.75, 3.05) is 12.4 Å². The molecule has 0 aliphatic carbocycles. The highest BCUT2D eigenvalue weighted by Gasteiger charge is 1.91. The molecule has 0 radical (unpaired) electrons. The van der Waals surface area contributed by atoms with Crippen LogP contribution in [-0.2, 0) is 0 Å². The van der Waals surface area contributed by atoms with Crippen LogP contribution in [-0.4, -0.2) is 12.2 Å². The van der Waals surface area contributed by atoms with E-state index in [-0.39, 0.29) is 0 Å². The highest BCUT2D eigenvalue weighted by atomic mass is 16.3. The molecule has 0 saturated heterocycles. The Labute approximate surface area is 101 Å². The number of phenols is 1. The lowest BCUT2D eigenvalue weighted by Gasteiger charge is -2.00. The third-order valence-corrected chi connectivity index (χ3v) is 2.54. The normalized spacial score (nSPS) is 10.6. The summed E-state index contributed by atoms with van der Waals surface area (Å²) in [4.78, 5) is 0. The van der Waals surface area contributed by atoms with E-state index in [1.54, 1.807) is 12.1 Å². The molecule has 2 heteroatoms. The van der Waals surface area contributed by atoms with Crippen LogP contribution in [0.25, 0.3) is 12.2 Å². The minimum Gasteiger partial charge on any atom is -0.508 e. The predicted molar refractivity (Wildman–Crippen MR) is 73.0 cm³/mol. The molecule has 0 aromatic heterocycles. The summed E-state index contributed by atoms with van der Waals surface area (Å²) in [5.74, 6) is 0.291. The molecule has 0 atom stereocenters. The Hall–Kier alpha value is -2.22. The average Bonchev–Trinajstić information content (AvgIpc) is 2.38. The van der Waals surface area contributed by atoms with Gasteiger partial charge in [-0.3, -0.25) is 0 Å². The van der Waals surface area contributed by atoms with Crippen LogP contribution in [0.15, 0.2) is 48.5 Å². The lowest BCUT2D eigenvalue weighted by molar-refractivity contribution is 0.475. The largest absolute Gasteiger partial charge is 0.508 e. The van der Waals surface area contributed by atoms with Gasteiger partial charge >= 0.3 is 0 Å². The highest BCUT2D eigenvalue weighted by molar-refractivity contribution is 5.71. The summed E-state index contributed by atoms with van der Waals surface area (Å²) in [5, 5.41) is 12.3. The smallest absolute Gasteiger partial charge is 0.115 e. The van der Waals surface area contributed by atoms with Gasteiger partial charge in [0, 0.05) is 12.7 Å². The Balaban J connectivity index is 2.16. The van der Waals surface area contributed by atoms with Gasteiger partial charge in [-0.15, -0.1) is 0 Å². The van der Waals surface area contributed by atoms with Gasteiger partial charge in [0.15, 0.2) is 0 Å². The minimum absolute atomic E-state index is 0.291. The first-order valence-corrected chi connectivity index (χ1v) is 5.53. The van der Waals surface area contributed by atoms with Crippen molar-refractivity contribution in [1.29, 1.82) is 0 Å². The van der Waals surface area contributed by atoms with Crippen molar-refractivity contribution in [3.63, 3.8) is 0 Å². The topological polar surface area (TPSA) is 32.3 Å². The molecular weight excluding hydrogens is 210 g/mol. The first kappa shape index (κ1) is 11.3. The van der Waals surface area contributed by atoms with E-state index in [0.717, 1.165) is 16.8 Å². The molecule has 0 bridgehead atoms. The summed E-state index contributed by atoms with van der Waals surface area (Å²) in [7, 11) is 1.91. The second-order valence-electron chi connectivity index (χ2n) is 3.80. The van der Waals surface area contributed by atoms with Gasteiger partial charge in [0.2, 0.25) is 0 Å². The van der Waals surface area contributed by atoms with Crippen LogP contribution in [0.2, 0.25) is 0 Å². The van der Waals surface area contributed by atoms with Crippen LogP contribution in [0, 0.1) is 0 Å². The van der Waals surface area contributed by atoms with Crippen molar-refractivity contribution in [2.45, 2.75) is 0 Å². The summed E-state index contributed by atoms with van der Waals surface area (Å²) in [6.45, 7) is 0. The predicted octanol–water partition coefficient (Wildman–Crippen LogP) is 3.60. The molecule has 2 aromatic carbocycles. The zero-order chi connectivity index (χ0) is 12.1. The second kappa shape index (κ2) is 5.21. The van der Waals surface area contributed by atoms with Crippen LogP contribution in [0.1, 0.15) is 11.1 Å². The Morgan fingerprint density at radius 3 is 2.35 bits per heavy atom. The third-order valence-electron chi connectivity index (χ3n) is 2.54. The monoisotopic (exact) mass is 225 g/mol. The third kappa shape index (κ3) is 3.11. The van der Waals surface area contributed by atoms with Crippen molar-refractivity contribution in [1.82, 2.24) is 0 Å². The van der Waals surface area contributed by atoms with Crippen molar-refractivity contribution in [2.24, 2.45) is 0 Å². The van der Waals surface area contributed by atoms with E-state index >= 15 is 0 Å². The second-order valence-corrected chi connectivity index (χ2v) is 3.80. The summed E-state index contributed by atoms with van der Waals surface area (Å²) >= 11 is 0. The van der Waals surface area contributed by atoms with E-state index in [0.29, 0.717) is 5.75 Å². The fourth-order valence-corrected chi connectivity index (χ4v) is 1.58. The Morgan fingerprint density at radius 2 is 1.65 bits per heavy atom. The molecule has 0 aliphatic rings. The van der Waals surface area contributed by atoms with Crippen molar-refractivity contribution >= 4 is 17.8 Å². The Bertz CT molecular complexity index is 515. The summed E-state index contributed by atoms with van der Waals surface area (Å²) in [6, 6.07) is 15.3. The molecular formula is C15H15NO. The summed E-state index contributed by atoms with van der Waals surface area (Å²) in [6.07, 6.45) is 4.07. The van der Waals surface area contributed by atoms with Gasteiger partial charge in [0.25, 0.3) is 0 Å².